The number of hydrogen-bond donors (Lipinski definition) is 2. The van der Waals surface area contributed by atoms with E-state index in [0.29, 0.717) is 10.6 Å². The average molecular weight is 290 g/mol. The van der Waals surface area contributed by atoms with Gasteiger partial charge in [-0.25, -0.2) is 13.1 Å². The lowest BCUT2D eigenvalue weighted by Crippen LogP contribution is -2.23. The van der Waals surface area contributed by atoms with E-state index in [0.717, 1.165) is 17.5 Å². The highest BCUT2D eigenvalue weighted by Crippen LogP contribution is 2.13. The van der Waals surface area contributed by atoms with Crippen LogP contribution in [0.3, 0.4) is 0 Å². The van der Waals surface area contributed by atoms with E-state index in [1.165, 1.54) is 0 Å². The van der Waals surface area contributed by atoms with Crippen LogP contribution in [0.5, 0.6) is 0 Å². The molecule has 4 nitrogen and oxygen atoms in total. The number of aryl methyl sites for hydroxylation is 1. The van der Waals surface area contributed by atoms with E-state index in [1.807, 2.05) is 19.1 Å². The number of sulfonamides is 1. The molecular weight excluding hydrogens is 272 g/mol. The fraction of sp³-hybridized carbons (Fsp3) is 0.200. The highest BCUT2D eigenvalue weighted by atomic mass is 32.2. The third kappa shape index (κ3) is 3.59. The van der Waals surface area contributed by atoms with E-state index >= 15 is 0 Å². The van der Waals surface area contributed by atoms with Gasteiger partial charge in [0.1, 0.15) is 0 Å². The molecule has 2 aromatic carbocycles. The molecule has 0 fully saturated rings. The number of anilines is 1. The van der Waals surface area contributed by atoms with Crippen molar-refractivity contribution >= 4 is 15.7 Å². The molecule has 5 heteroatoms. The smallest absolute Gasteiger partial charge is 0.240 e. The summed E-state index contributed by atoms with van der Waals surface area (Å²) in [5.74, 6) is 0. The Morgan fingerprint density at radius 2 is 1.75 bits per heavy atom. The van der Waals surface area contributed by atoms with Crippen molar-refractivity contribution in [2.24, 2.45) is 0 Å². The molecule has 0 saturated carbocycles. The average Bonchev–Trinajstić information content (AvgIpc) is 2.45. The van der Waals surface area contributed by atoms with Crippen LogP contribution in [0.1, 0.15) is 18.1 Å². The molecule has 0 heterocycles. The number of nitrogen functional groups attached to an aromatic ring is 1. The largest absolute Gasteiger partial charge is 0.399 e. The fourth-order valence-corrected chi connectivity index (χ4v) is 2.98. The van der Waals surface area contributed by atoms with E-state index in [-0.39, 0.29) is 6.54 Å². The zero-order valence-electron chi connectivity index (χ0n) is 11.3. The second-order valence-electron chi connectivity index (χ2n) is 4.57. The van der Waals surface area contributed by atoms with Crippen molar-refractivity contribution in [1.82, 2.24) is 4.72 Å². The van der Waals surface area contributed by atoms with E-state index in [2.05, 4.69) is 4.72 Å². The third-order valence-electron chi connectivity index (χ3n) is 3.03. The molecule has 20 heavy (non-hydrogen) atoms. The zero-order chi connectivity index (χ0) is 14.6. The van der Waals surface area contributed by atoms with Gasteiger partial charge >= 0.3 is 0 Å². The van der Waals surface area contributed by atoms with Crippen molar-refractivity contribution in [3.05, 3.63) is 59.7 Å². The van der Waals surface area contributed by atoms with E-state index in [4.69, 9.17) is 5.73 Å². The zero-order valence-corrected chi connectivity index (χ0v) is 12.2. The van der Waals surface area contributed by atoms with Crippen molar-refractivity contribution in [3.8, 4) is 0 Å². The lowest BCUT2D eigenvalue weighted by molar-refractivity contribution is 0.581. The fourth-order valence-electron chi connectivity index (χ4n) is 1.90. The summed E-state index contributed by atoms with van der Waals surface area (Å²) in [6.07, 6.45) is 0.804. The summed E-state index contributed by atoms with van der Waals surface area (Å²) >= 11 is 0. The van der Waals surface area contributed by atoms with Gasteiger partial charge in [0.25, 0.3) is 0 Å². The second-order valence-corrected chi connectivity index (χ2v) is 6.34. The van der Waals surface area contributed by atoms with Crippen LogP contribution in [-0.4, -0.2) is 8.42 Å². The van der Waals surface area contributed by atoms with Crippen LogP contribution in [0.15, 0.2) is 53.4 Å². The van der Waals surface area contributed by atoms with Crippen LogP contribution in [0, 0.1) is 0 Å². The Balaban J connectivity index is 2.15. The maximum atomic E-state index is 12.2. The first-order valence-electron chi connectivity index (χ1n) is 6.44. The predicted octanol–water partition coefficient (Wildman–Crippen LogP) is 2.31. The predicted molar refractivity (Wildman–Crippen MR) is 80.7 cm³/mol. The summed E-state index contributed by atoms with van der Waals surface area (Å²) in [6, 6.07) is 14.1. The Morgan fingerprint density at radius 3 is 2.45 bits per heavy atom. The number of nitrogens with one attached hydrogen (secondary N) is 1. The van der Waals surface area contributed by atoms with E-state index in [9.17, 15) is 8.42 Å². The van der Waals surface area contributed by atoms with Crippen molar-refractivity contribution in [3.63, 3.8) is 0 Å². The van der Waals surface area contributed by atoms with Gasteiger partial charge in [0.15, 0.2) is 0 Å². The number of benzene rings is 2. The summed E-state index contributed by atoms with van der Waals surface area (Å²) in [5.41, 5.74) is 8.12. The Morgan fingerprint density at radius 1 is 1.05 bits per heavy atom. The minimum atomic E-state index is -3.49. The summed E-state index contributed by atoms with van der Waals surface area (Å²) in [5, 5.41) is 0. The van der Waals surface area contributed by atoms with Crippen molar-refractivity contribution in [1.29, 1.82) is 0 Å². The Hall–Kier alpha value is -1.85. The molecule has 0 atom stereocenters. The molecular formula is C15H18N2O2S. The topological polar surface area (TPSA) is 72.2 Å². The van der Waals surface area contributed by atoms with Crippen LogP contribution < -0.4 is 10.5 Å². The van der Waals surface area contributed by atoms with Gasteiger partial charge in [-0.15, -0.1) is 0 Å². The van der Waals surface area contributed by atoms with Gasteiger partial charge in [-0.05, 0) is 41.8 Å². The van der Waals surface area contributed by atoms with Crippen LogP contribution in [0.4, 0.5) is 5.69 Å². The summed E-state index contributed by atoms with van der Waals surface area (Å²) in [4.78, 5) is 0.292. The third-order valence-corrected chi connectivity index (χ3v) is 4.43. The standard InChI is InChI=1S/C15H18N2O2S/c1-2-12-5-4-8-15(10-12)20(18,19)17-11-13-6-3-7-14(16)9-13/h3-10,17H,2,11,16H2,1H3. The van der Waals surface area contributed by atoms with Gasteiger partial charge in [-0.3, -0.25) is 0 Å². The number of hydrogen-bond acceptors (Lipinski definition) is 3. The molecule has 2 rings (SSSR count). The Kier molecular flexibility index (Phi) is 4.42. The van der Waals surface area contributed by atoms with Gasteiger partial charge in [0.2, 0.25) is 10.0 Å². The molecule has 3 N–H and O–H groups in total. The molecule has 0 amide bonds. The SMILES string of the molecule is CCc1cccc(S(=O)(=O)NCc2cccc(N)c2)c1. The highest BCUT2D eigenvalue weighted by Gasteiger charge is 2.13. The van der Waals surface area contributed by atoms with Crippen molar-refractivity contribution < 1.29 is 8.42 Å². The van der Waals surface area contributed by atoms with Crippen molar-refractivity contribution in [2.75, 3.05) is 5.73 Å². The molecule has 0 unspecified atom stereocenters. The van der Waals surface area contributed by atoms with Gasteiger partial charge in [-0.1, -0.05) is 31.2 Å². The van der Waals surface area contributed by atoms with Crippen LogP contribution in [-0.2, 0) is 23.0 Å². The molecule has 0 aromatic heterocycles. The van der Waals surface area contributed by atoms with Crippen LogP contribution >= 0.6 is 0 Å². The van der Waals surface area contributed by atoms with Crippen LogP contribution in [0.25, 0.3) is 0 Å². The molecule has 0 aliphatic rings. The van der Waals surface area contributed by atoms with Crippen LogP contribution in [0.2, 0.25) is 0 Å². The number of nitrogens with two attached hydrogens (primary N) is 1. The first kappa shape index (κ1) is 14.6. The monoisotopic (exact) mass is 290 g/mol. The molecule has 0 aliphatic carbocycles. The lowest BCUT2D eigenvalue weighted by Gasteiger charge is -2.08. The second kappa shape index (κ2) is 6.07. The van der Waals surface area contributed by atoms with E-state index < -0.39 is 10.0 Å². The Bertz CT molecular complexity index is 697. The Labute approximate surface area is 119 Å². The molecule has 2 aromatic rings. The summed E-state index contributed by atoms with van der Waals surface area (Å²) < 4.78 is 27.0. The van der Waals surface area contributed by atoms with Gasteiger partial charge in [-0.2, -0.15) is 0 Å². The van der Waals surface area contributed by atoms with Crippen molar-refractivity contribution in [2.45, 2.75) is 24.8 Å². The quantitative estimate of drug-likeness (QED) is 0.830. The number of rotatable bonds is 5. The summed E-state index contributed by atoms with van der Waals surface area (Å²) in [7, 11) is -3.49. The molecule has 0 radical (unpaired) electrons. The normalized spacial score (nSPS) is 11.4. The lowest BCUT2D eigenvalue weighted by atomic mass is 10.2. The minimum Gasteiger partial charge on any atom is -0.399 e. The first-order chi connectivity index (χ1) is 9.51. The first-order valence-corrected chi connectivity index (χ1v) is 7.92. The minimum absolute atomic E-state index is 0.226. The molecule has 106 valence electrons. The molecule has 0 saturated heterocycles. The maximum Gasteiger partial charge on any atom is 0.240 e. The molecule has 0 bridgehead atoms. The molecule has 0 spiro atoms. The van der Waals surface area contributed by atoms with Gasteiger partial charge < -0.3 is 5.73 Å². The van der Waals surface area contributed by atoms with Gasteiger partial charge in [0, 0.05) is 12.2 Å². The maximum absolute atomic E-state index is 12.2. The highest BCUT2D eigenvalue weighted by molar-refractivity contribution is 7.89. The molecule has 0 aliphatic heterocycles. The summed E-state index contributed by atoms with van der Waals surface area (Å²) in [6.45, 7) is 2.22. The van der Waals surface area contributed by atoms with Gasteiger partial charge in [0.05, 0.1) is 4.90 Å². The van der Waals surface area contributed by atoms with E-state index in [1.54, 1.807) is 36.4 Å².